The molecule has 0 aliphatic rings. The fraction of sp³-hybridized carbons (Fsp3) is 0.778. The molecule has 0 aromatic rings. The molecule has 0 aliphatic carbocycles. The Morgan fingerprint density at radius 3 is 2.27 bits per heavy atom. The maximum absolute atomic E-state index is 10.9. The summed E-state index contributed by atoms with van der Waals surface area (Å²) in [6.07, 6.45) is 0.711. The molecule has 0 saturated heterocycles. The molecule has 15 heavy (non-hydrogen) atoms. The Kier molecular flexibility index (Phi) is 5.24. The van der Waals surface area contributed by atoms with Crippen LogP contribution in [0.5, 0.6) is 0 Å². The fourth-order valence-electron chi connectivity index (χ4n) is 1.20. The van der Waals surface area contributed by atoms with E-state index in [1.165, 1.54) is 0 Å². The van der Waals surface area contributed by atoms with Gasteiger partial charge in [0.25, 0.3) is 0 Å². The number of nitrogens with one attached hydrogen (secondary N) is 2. The molecule has 6 nitrogen and oxygen atoms in total. The smallest absolute Gasteiger partial charge is 0.323 e. The Bertz CT molecular complexity index is 245. The van der Waals surface area contributed by atoms with Gasteiger partial charge in [0.05, 0.1) is 6.04 Å². The number of carboxylic acids is 1. The monoisotopic (exact) mass is 217 g/mol. The molecule has 0 heterocycles. The molecule has 1 amide bonds. The van der Waals surface area contributed by atoms with Crippen molar-refractivity contribution in [2.45, 2.75) is 31.3 Å². The van der Waals surface area contributed by atoms with Crippen molar-refractivity contribution in [2.75, 3.05) is 14.1 Å². The molecule has 0 aromatic carbocycles. The molecule has 0 aromatic heterocycles. The van der Waals surface area contributed by atoms with Crippen molar-refractivity contribution in [2.24, 2.45) is 5.73 Å². The Labute approximate surface area is 89.2 Å². The summed E-state index contributed by atoms with van der Waals surface area (Å²) >= 11 is 0. The zero-order chi connectivity index (χ0) is 12.1. The number of carboxylic acid groups (broad SMARTS) is 1. The highest BCUT2D eigenvalue weighted by atomic mass is 16.4. The summed E-state index contributed by atoms with van der Waals surface area (Å²) in [4.78, 5) is 21.8. The number of rotatable bonds is 7. The zero-order valence-electron chi connectivity index (χ0n) is 9.33. The predicted octanol–water partition coefficient (Wildman–Crippen LogP) is -1.10. The lowest BCUT2D eigenvalue weighted by atomic mass is 9.93. The summed E-state index contributed by atoms with van der Waals surface area (Å²) in [5, 5.41) is 14.4. The maximum Gasteiger partial charge on any atom is 0.323 e. The Morgan fingerprint density at radius 1 is 1.47 bits per heavy atom. The second kappa shape index (κ2) is 5.67. The molecule has 2 unspecified atom stereocenters. The minimum Gasteiger partial charge on any atom is -0.480 e. The molecular weight excluding hydrogens is 198 g/mol. The first-order valence-electron chi connectivity index (χ1n) is 4.76. The summed E-state index contributed by atoms with van der Waals surface area (Å²) in [6.45, 7) is 1.57. The third-order valence-corrected chi connectivity index (χ3v) is 2.65. The van der Waals surface area contributed by atoms with Crippen LogP contribution >= 0.6 is 0 Å². The highest BCUT2D eigenvalue weighted by molar-refractivity contribution is 5.80. The van der Waals surface area contributed by atoms with Crippen molar-refractivity contribution in [3.63, 3.8) is 0 Å². The number of primary amides is 1. The molecule has 0 aliphatic heterocycles. The average Bonchev–Trinajstić information content (AvgIpc) is 2.17. The summed E-state index contributed by atoms with van der Waals surface area (Å²) in [7, 11) is 3.19. The minimum absolute atomic E-state index is 0.327. The first kappa shape index (κ1) is 13.9. The van der Waals surface area contributed by atoms with Gasteiger partial charge in [-0.3, -0.25) is 9.59 Å². The van der Waals surface area contributed by atoms with Crippen LogP contribution in [-0.4, -0.2) is 42.7 Å². The predicted molar refractivity (Wildman–Crippen MR) is 56.4 cm³/mol. The van der Waals surface area contributed by atoms with Gasteiger partial charge in [-0.15, -0.1) is 0 Å². The van der Waals surface area contributed by atoms with Crippen LogP contribution in [0.15, 0.2) is 0 Å². The van der Waals surface area contributed by atoms with Crippen LogP contribution in [0.25, 0.3) is 0 Å². The number of amides is 1. The van der Waals surface area contributed by atoms with Crippen molar-refractivity contribution in [1.82, 2.24) is 10.6 Å². The third kappa shape index (κ3) is 3.85. The summed E-state index contributed by atoms with van der Waals surface area (Å²) < 4.78 is 0. The highest BCUT2D eigenvalue weighted by Gasteiger charge is 2.32. The van der Waals surface area contributed by atoms with Crippen molar-refractivity contribution in [3.8, 4) is 0 Å². The SMILES string of the molecule is CNC(CCC(C)(NC)C(=O)O)C(N)=O. The van der Waals surface area contributed by atoms with Gasteiger partial charge in [-0.05, 0) is 33.9 Å². The molecule has 0 fully saturated rings. The van der Waals surface area contributed by atoms with Crippen LogP contribution in [0.1, 0.15) is 19.8 Å². The Morgan fingerprint density at radius 2 is 2.00 bits per heavy atom. The van der Waals surface area contributed by atoms with Gasteiger partial charge in [0.15, 0.2) is 0 Å². The van der Waals surface area contributed by atoms with E-state index in [4.69, 9.17) is 10.8 Å². The molecule has 0 spiro atoms. The maximum atomic E-state index is 10.9. The topological polar surface area (TPSA) is 104 Å². The number of likely N-dealkylation sites (N-methyl/N-ethyl adjacent to an activating group) is 2. The molecule has 5 N–H and O–H groups in total. The van der Waals surface area contributed by atoms with Crippen LogP contribution in [0.3, 0.4) is 0 Å². The van der Waals surface area contributed by atoms with Crippen LogP contribution in [-0.2, 0) is 9.59 Å². The van der Waals surface area contributed by atoms with E-state index in [0.29, 0.717) is 12.8 Å². The molecule has 0 radical (unpaired) electrons. The molecular formula is C9H19N3O3. The quantitative estimate of drug-likeness (QED) is 0.433. The van der Waals surface area contributed by atoms with Gasteiger partial charge >= 0.3 is 5.97 Å². The number of hydrogen-bond donors (Lipinski definition) is 4. The van der Waals surface area contributed by atoms with Crippen LogP contribution in [0.2, 0.25) is 0 Å². The van der Waals surface area contributed by atoms with Crippen LogP contribution < -0.4 is 16.4 Å². The number of hydrogen-bond acceptors (Lipinski definition) is 4. The average molecular weight is 217 g/mol. The first-order valence-corrected chi connectivity index (χ1v) is 4.76. The molecule has 6 heteroatoms. The zero-order valence-corrected chi connectivity index (χ0v) is 9.33. The molecule has 0 rings (SSSR count). The summed E-state index contributed by atoms with van der Waals surface area (Å²) in [6, 6.07) is -0.489. The first-order chi connectivity index (χ1) is 6.87. The van der Waals surface area contributed by atoms with Gasteiger partial charge in [-0.2, -0.15) is 0 Å². The van der Waals surface area contributed by atoms with Gasteiger partial charge in [-0.25, -0.2) is 0 Å². The van der Waals surface area contributed by atoms with Crippen molar-refractivity contribution in [3.05, 3.63) is 0 Å². The van der Waals surface area contributed by atoms with Crippen molar-refractivity contribution < 1.29 is 14.7 Å². The van der Waals surface area contributed by atoms with E-state index >= 15 is 0 Å². The minimum atomic E-state index is -1.02. The standard InChI is InChI=1S/C9H19N3O3/c1-9(12-3,8(14)15)5-4-6(11-2)7(10)13/h6,11-12H,4-5H2,1-3H3,(H2,10,13)(H,14,15). The Hall–Kier alpha value is -1.14. The molecule has 0 bridgehead atoms. The van der Waals surface area contributed by atoms with Gasteiger partial charge in [0, 0.05) is 0 Å². The van der Waals surface area contributed by atoms with E-state index < -0.39 is 23.5 Å². The lowest BCUT2D eigenvalue weighted by molar-refractivity contribution is -0.144. The number of carbonyl (C=O) groups is 2. The van der Waals surface area contributed by atoms with E-state index in [2.05, 4.69) is 10.6 Å². The van der Waals surface area contributed by atoms with Crippen LogP contribution in [0, 0.1) is 0 Å². The largest absolute Gasteiger partial charge is 0.480 e. The molecule has 2 atom stereocenters. The van der Waals surface area contributed by atoms with Gasteiger partial charge in [0.1, 0.15) is 5.54 Å². The molecule has 0 saturated carbocycles. The van der Waals surface area contributed by atoms with Crippen molar-refractivity contribution in [1.29, 1.82) is 0 Å². The second-order valence-corrected chi connectivity index (χ2v) is 3.67. The number of nitrogens with two attached hydrogens (primary N) is 1. The van der Waals surface area contributed by atoms with Gasteiger partial charge in [-0.1, -0.05) is 0 Å². The van der Waals surface area contributed by atoms with E-state index in [0.717, 1.165) is 0 Å². The Balaban J connectivity index is 4.33. The van der Waals surface area contributed by atoms with E-state index in [1.54, 1.807) is 21.0 Å². The lowest BCUT2D eigenvalue weighted by Crippen LogP contribution is -2.49. The third-order valence-electron chi connectivity index (χ3n) is 2.65. The van der Waals surface area contributed by atoms with E-state index in [1.807, 2.05) is 0 Å². The number of aliphatic carboxylic acids is 1. The summed E-state index contributed by atoms with van der Waals surface area (Å²) in [5.74, 6) is -1.41. The second-order valence-electron chi connectivity index (χ2n) is 3.67. The molecule has 88 valence electrons. The highest BCUT2D eigenvalue weighted by Crippen LogP contribution is 2.13. The van der Waals surface area contributed by atoms with E-state index in [-0.39, 0.29) is 0 Å². The van der Waals surface area contributed by atoms with Gasteiger partial charge < -0.3 is 21.5 Å². The summed E-state index contributed by atoms with van der Waals surface area (Å²) in [5.41, 5.74) is 4.10. The fourth-order valence-corrected chi connectivity index (χ4v) is 1.20. The van der Waals surface area contributed by atoms with Crippen molar-refractivity contribution >= 4 is 11.9 Å². The van der Waals surface area contributed by atoms with E-state index in [9.17, 15) is 9.59 Å². The van der Waals surface area contributed by atoms with Gasteiger partial charge in [0.2, 0.25) is 5.91 Å². The van der Waals surface area contributed by atoms with Crippen LogP contribution in [0.4, 0.5) is 0 Å². The lowest BCUT2D eigenvalue weighted by Gasteiger charge is -2.25. The number of carbonyl (C=O) groups excluding carboxylic acids is 1. The normalized spacial score (nSPS) is 16.7.